The minimum atomic E-state index is -1.00. The Morgan fingerprint density at radius 2 is 1.93 bits per heavy atom. The zero-order valence-electron chi connectivity index (χ0n) is 18.5. The molecule has 0 amide bonds. The van der Waals surface area contributed by atoms with Crippen LogP contribution in [0.5, 0.6) is 0 Å². The van der Waals surface area contributed by atoms with Gasteiger partial charge in [-0.15, -0.1) is 0 Å². The van der Waals surface area contributed by atoms with Gasteiger partial charge in [-0.1, -0.05) is 31.5 Å². The highest BCUT2D eigenvalue weighted by atomic mass is 16.6. The number of hydrogen-bond acceptors (Lipinski definition) is 5. The summed E-state index contributed by atoms with van der Waals surface area (Å²) in [6, 6.07) is 0. The van der Waals surface area contributed by atoms with Crippen molar-refractivity contribution in [2.24, 2.45) is 33.7 Å². The first-order chi connectivity index (χ1) is 14.3. The lowest BCUT2D eigenvalue weighted by atomic mass is 9.47. The van der Waals surface area contributed by atoms with Crippen molar-refractivity contribution in [3.63, 3.8) is 0 Å². The molecule has 30 heavy (non-hydrogen) atoms. The molecule has 1 N–H and O–H groups in total. The molecule has 3 saturated carbocycles. The number of carboxylic acids is 1. The number of carbonyl (C=O) groups excluding carboxylic acids is 1. The molecule has 6 nitrogen and oxygen atoms in total. The Balaban J connectivity index is 1.51. The highest BCUT2D eigenvalue weighted by Crippen LogP contribution is 2.65. The third-order valence-corrected chi connectivity index (χ3v) is 8.82. The lowest BCUT2D eigenvalue weighted by Gasteiger charge is -2.58. The smallest absolute Gasteiger partial charge is 0.344 e. The molecular formula is C24H35NO5. The Morgan fingerprint density at radius 3 is 2.67 bits per heavy atom. The summed E-state index contributed by atoms with van der Waals surface area (Å²) in [5.74, 6) is 0.931. The molecule has 0 aromatic rings. The molecule has 0 heterocycles. The van der Waals surface area contributed by atoms with Crippen molar-refractivity contribution in [2.75, 3.05) is 6.61 Å². The van der Waals surface area contributed by atoms with Crippen LogP contribution in [-0.4, -0.2) is 35.5 Å². The van der Waals surface area contributed by atoms with Crippen LogP contribution in [0, 0.1) is 28.6 Å². The number of ether oxygens (including phenoxy) is 1. The van der Waals surface area contributed by atoms with Crippen molar-refractivity contribution < 1.29 is 24.3 Å². The summed E-state index contributed by atoms with van der Waals surface area (Å²) in [7, 11) is 0. The van der Waals surface area contributed by atoms with Gasteiger partial charge in [0.2, 0.25) is 6.61 Å². The van der Waals surface area contributed by atoms with E-state index >= 15 is 0 Å². The maximum atomic E-state index is 12.0. The fraction of sp³-hybridized carbons (Fsp3) is 0.792. The summed E-state index contributed by atoms with van der Waals surface area (Å²) in [6.45, 7) is 6.28. The Kier molecular flexibility index (Phi) is 5.71. The van der Waals surface area contributed by atoms with Gasteiger partial charge in [0, 0.05) is 11.8 Å². The molecule has 0 bridgehead atoms. The quantitative estimate of drug-likeness (QED) is 0.516. The Hall–Kier alpha value is -1.85. The number of fused-ring (bicyclic) bond motifs is 5. The van der Waals surface area contributed by atoms with Gasteiger partial charge in [-0.05, 0) is 80.6 Å². The van der Waals surface area contributed by atoms with Gasteiger partial charge in [0.1, 0.15) is 6.10 Å². The standard InChI is InChI=1S/C24H35NO5/c1-4-22(28)30-20-8-7-18-17-6-5-15-13-16(25-29-14-21(26)27)9-11-23(15,2)19(17)10-12-24(18,20)3/h13,17-20H,4-12,14H2,1-3H3,(H,26,27)/b25-16-/t17-,18-,19-,20+,23+,24+/m1/s1. The zero-order chi connectivity index (χ0) is 21.5. The van der Waals surface area contributed by atoms with Gasteiger partial charge >= 0.3 is 11.9 Å². The van der Waals surface area contributed by atoms with Gasteiger partial charge in [-0.25, -0.2) is 4.79 Å². The average molecular weight is 418 g/mol. The number of rotatable bonds is 5. The molecule has 3 fully saturated rings. The van der Waals surface area contributed by atoms with Gasteiger partial charge in [-0.3, -0.25) is 4.79 Å². The first-order valence-electron chi connectivity index (χ1n) is 11.6. The molecule has 0 aromatic heterocycles. The average Bonchev–Trinajstić information content (AvgIpc) is 3.04. The summed E-state index contributed by atoms with van der Waals surface area (Å²) in [4.78, 5) is 27.6. The predicted octanol–water partition coefficient (Wildman–Crippen LogP) is 4.73. The molecule has 166 valence electrons. The Bertz CT molecular complexity index is 774. The van der Waals surface area contributed by atoms with E-state index in [1.807, 2.05) is 6.92 Å². The highest BCUT2D eigenvalue weighted by molar-refractivity contribution is 5.96. The first-order valence-corrected chi connectivity index (χ1v) is 11.6. The minimum Gasteiger partial charge on any atom is -0.479 e. The van der Waals surface area contributed by atoms with E-state index in [1.54, 1.807) is 0 Å². The van der Waals surface area contributed by atoms with Crippen LogP contribution >= 0.6 is 0 Å². The summed E-state index contributed by atoms with van der Waals surface area (Å²) in [5, 5.41) is 12.8. The lowest BCUT2D eigenvalue weighted by molar-refractivity contribution is -0.159. The van der Waals surface area contributed by atoms with E-state index in [4.69, 9.17) is 14.7 Å². The summed E-state index contributed by atoms with van der Waals surface area (Å²) >= 11 is 0. The highest BCUT2D eigenvalue weighted by Gasteiger charge is 2.59. The fourth-order valence-electron chi connectivity index (χ4n) is 7.20. The number of allylic oxidation sites excluding steroid dienone is 2. The summed E-state index contributed by atoms with van der Waals surface area (Å²) < 4.78 is 5.89. The second-order valence-corrected chi connectivity index (χ2v) is 10.2. The molecule has 0 aromatic carbocycles. The molecular weight excluding hydrogens is 382 g/mol. The van der Waals surface area contributed by atoms with Crippen LogP contribution in [0.2, 0.25) is 0 Å². The molecule has 0 spiro atoms. The number of hydrogen-bond donors (Lipinski definition) is 1. The van der Waals surface area contributed by atoms with Crippen LogP contribution in [0.15, 0.2) is 16.8 Å². The monoisotopic (exact) mass is 417 g/mol. The second-order valence-electron chi connectivity index (χ2n) is 10.2. The molecule has 0 aliphatic heterocycles. The molecule has 0 radical (unpaired) electrons. The first kappa shape index (κ1) is 21.4. The van der Waals surface area contributed by atoms with Crippen LogP contribution in [0.4, 0.5) is 0 Å². The van der Waals surface area contributed by atoms with Crippen molar-refractivity contribution in [2.45, 2.75) is 84.7 Å². The van der Waals surface area contributed by atoms with Crippen molar-refractivity contribution >= 4 is 17.7 Å². The van der Waals surface area contributed by atoms with Crippen LogP contribution in [0.1, 0.15) is 78.6 Å². The van der Waals surface area contributed by atoms with Gasteiger partial charge in [0.05, 0.1) is 5.71 Å². The van der Waals surface area contributed by atoms with Crippen molar-refractivity contribution in [3.8, 4) is 0 Å². The van der Waals surface area contributed by atoms with E-state index in [0.717, 1.165) is 37.8 Å². The number of oxime groups is 1. The van der Waals surface area contributed by atoms with Gasteiger partial charge in [0.15, 0.2) is 0 Å². The van der Waals surface area contributed by atoms with E-state index in [2.05, 4.69) is 25.1 Å². The Labute approximate surface area is 179 Å². The number of esters is 1. The topological polar surface area (TPSA) is 85.2 Å². The normalized spacial score (nSPS) is 41.3. The molecule has 6 atom stereocenters. The van der Waals surface area contributed by atoms with Crippen LogP contribution in [0.25, 0.3) is 0 Å². The van der Waals surface area contributed by atoms with Gasteiger partial charge in [0.25, 0.3) is 0 Å². The van der Waals surface area contributed by atoms with Crippen molar-refractivity contribution in [1.82, 2.24) is 0 Å². The second kappa shape index (κ2) is 8.01. The molecule has 0 saturated heterocycles. The van der Waals surface area contributed by atoms with E-state index < -0.39 is 12.6 Å². The number of aliphatic carboxylic acids is 1. The number of nitrogens with zero attached hydrogens (tertiary/aromatic N) is 1. The minimum absolute atomic E-state index is 0.0611. The summed E-state index contributed by atoms with van der Waals surface area (Å²) in [5.41, 5.74) is 2.64. The van der Waals surface area contributed by atoms with Crippen LogP contribution in [-0.2, 0) is 19.2 Å². The Morgan fingerprint density at radius 1 is 1.13 bits per heavy atom. The summed E-state index contributed by atoms with van der Waals surface area (Å²) in [6.07, 6.45) is 11.3. The lowest BCUT2D eigenvalue weighted by Crippen LogP contribution is -2.51. The molecule has 4 aliphatic rings. The van der Waals surface area contributed by atoms with Crippen LogP contribution in [0.3, 0.4) is 0 Å². The van der Waals surface area contributed by atoms with E-state index in [-0.39, 0.29) is 22.9 Å². The molecule has 4 aliphatic carbocycles. The zero-order valence-corrected chi connectivity index (χ0v) is 18.5. The number of carbonyl (C=O) groups is 2. The third-order valence-electron chi connectivity index (χ3n) is 8.82. The number of carboxylic acid groups (broad SMARTS) is 1. The van der Waals surface area contributed by atoms with Gasteiger partial charge < -0.3 is 14.7 Å². The largest absolute Gasteiger partial charge is 0.479 e. The fourth-order valence-corrected chi connectivity index (χ4v) is 7.20. The van der Waals surface area contributed by atoms with Crippen LogP contribution < -0.4 is 0 Å². The third kappa shape index (κ3) is 3.56. The van der Waals surface area contributed by atoms with Crippen molar-refractivity contribution in [1.29, 1.82) is 0 Å². The van der Waals surface area contributed by atoms with Crippen molar-refractivity contribution in [3.05, 3.63) is 11.6 Å². The van der Waals surface area contributed by atoms with E-state index in [9.17, 15) is 9.59 Å². The van der Waals surface area contributed by atoms with E-state index in [1.165, 1.54) is 24.8 Å². The van der Waals surface area contributed by atoms with Gasteiger partial charge in [-0.2, -0.15) is 0 Å². The molecule has 0 unspecified atom stereocenters. The molecule has 4 rings (SSSR count). The maximum Gasteiger partial charge on any atom is 0.344 e. The van der Waals surface area contributed by atoms with E-state index in [0.29, 0.717) is 24.2 Å². The SMILES string of the molecule is CCC(=O)O[C@H]1CC[C@@H]2[C@H]3CCC4=C/C(=N\OCC(=O)O)CC[C@]4(C)[C@@H]3CC[C@]12C. The maximum absolute atomic E-state index is 12.0. The predicted molar refractivity (Wildman–Crippen MR) is 113 cm³/mol. The molecule has 6 heteroatoms.